The lowest BCUT2D eigenvalue weighted by atomic mass is 10.1. The molecule has 18 heavy (non-hydrogen) atoms. The minimum atomic E-state index is -1.22. The highest BCUT2D eigenvalue weighted by Crippen LogP contribution is 2.25. The van der Waals surface area contributed by atoms with Crippen LogP contribution in [0.2, 0.25) is 5.02 Å². The molecule has 0 N–H and O–H groups in total. The molecule has 0 spiro atoms. The van der Waals surface area contributed by atoms with Gasteiger partial charge in [-0.25, -0.2) is 4.39 Å². The highest BCUT2D eigenvalue weighted by atomic mass is 35.5. The largest absolute Gasteiger partial charge is 0.299 e. The molecule has 1 aromatic rings. The molecular formula is C13H14ClFO2S. The third kappa shape index (κ3) is 3.18. The predicted octanol–water partition coefficient (Wildman–Crippen LogP) is 3.35. The van der Waals surface area contributed by atoms with Gasteiger partial charge in [-0.1, -0.05) is 11.6 Å². The van der Waals surface area contributed by atoms with E-state index in [0.717, 1.165) is 12.8 Å². The highest BCUT2D eigenvalue weighted by Gasteiger charge is 2.24. The van der Waals surface area contributed by atoms with E-state index in [9.17, 15) is 13.4 Å². The lowest BCUT2D eigenvalue weighted by Crippen LogP contribution is -2.10. The van der Waals surface area contributed by atoms with Gasteiger partial charge in [0.1, 0.15) is 11.6 Å². The summed E-state index contributed by atoms with van der Waals surface area (Å²) in [5, 5.41) is -0.0159. The Kier molecular flexibility index (Phi) is 4.51. The molecule has 1 fully saturated rings. The SMILES string of the molecule is O=C1CCCC1CCS(=O)c1ccc(F)c(Cl)c1. The van der Waals surface area contributed by atoms with E-state index in [1.165, 1.54) is 18.2 Å². The Labute approximate surface area is 113 Å². The number of carbonyl (C=O) groups excluding carboxylic acids is 1. The van der Waals surface area contributed by atoms with E-state index in [-0.39, 0.29) is 16.7 Å². The maximum Gasteiger partial charge on any atom is 0.141 e. The molecule has 2 nitrogen and oxygen atoms in total. The molecule has 5 heteroatoms. The van der Waals surface area contributed by atoms with Crippen molar-refractivity contribution in [3.63, 3.8) is 0 Å². The maximum absolute atomic E-state index is 13.0. The summed E-state index contributed by atoms with van der Waals surface area (Å²) >= 11 is 5.64. The van der Waals surface area contributed by atoms with Crippen molar-refractivity contribution in [2.24, 2.45) is 5.92 Å². The standard InChI is InChI=1S/C13H14ClFO2S/c14-11-8-10(4-5-12(11)15)18(17)7-6-9-2-1-3-13(9)16/h4-5,8-9H,1-3,6-7H2. The Morgan fingerprint density at radius 2 is 2.22 bits per heavy atom. The maximum atomic E-state index is 13.0. The molecule has 1 aliphatic carbocycles. The average Bonchev–Trinajstić information content (AvgIpc) is 2.75. The molecule has 1 aromatic carbocycles. The van der Waals surface area contributed by atoms with Crippen molar-refractivity contribution in [2.45, 2.75) is 30.6 Å². The molecule has 2 atom stereocenters. The number of carbonyl (C=O) groups is 1. The van der Waals surface area contributed by atoms with Crippen LogP contribution in [0.5, 0.6) is 0 Å². The van der Waals surface area contributed by atoms with E-state index in [2.05, 4.69) is 0 Å². The van der Waals surface area contributed by atoms with E-state index in [1.807, 2.05) is 0 Å². The quantitative estimate of drug-likeness (QED) is 0.851. The van der Waals surface area contributed by atoms with Gasteiger partial charge in [-0.05, 0) is 37.5 Å². The molecule has 0 heterocycles. The van der Waals surface area contributed by atoms with Gasteiger partial charge in [0, 0.05) is 23.0 Å². The van der Waals surface area contributed by atoms with Crippen LogP contribution >= 0.6 is 11.6 Å². The second-order valence-electron chi connectivity index (χ2n) is 4.47. The van der Waals surface area contributed by atoms with Crippen molar-refractivity contribution >= 4 is 28.2 Å². The summed E-state index contributed by atoms with van der Waals surface area (Å²) in [6.07, 6.45) is 3.14. The Morgan fingerprint density at radius 1 is 1.44 bits per heavy atom. The van der Waals surface area contributed by atoms with Crippen molar-refractivity contribution in [1.29, 1.82) is 0 Å². The predicted molar refractivity (Wildman–Crippen MR) is 69.7 cm³/mol. The second kappa shape index (κ2) is 5.93. The molecule has 98 valence electrons. The Balaban J connectivity index is 1.95. The number of Topliss-reactive ketones (excluding diaryl/α,β-unsaturated/α-hetero) is 1. The van der Waals surface area contributed by atoms with Crippen LogP contribution in [0, 0.1) is 11.7 Å². The van der Waals surface area contributed by atoms with Gasteiger partial charge in [-0.15, -0.1) is 0 Å². The van der Waals surface area contributed by atoms with Crippen molar-refractivity contribution in [2.75, 3.05) is 5.75 Å². The Bertz CT molecular complexity index is 490. The first-order valence-electron chi connectivity index (χ1n) is 5.94. The van der Waals surface area contributed by atoms with Crippen molar-refractivity contribution in [3.05, 3.63) is 29.0 Å². The summed E-state index contributed by atoms with van der Waals surface area (Å²) in [6, 6.07) is 4.09. The minimum Gasteiger partial charge on any atom is -0.299 e. The number of ketones is 1. The van der Waals surface area contributed by atoms with Crippen LogP contribution in [0.25, 0.3) is 0 Å². The van der Waals surface area contributed by atoms with Gasteiger partial charge in [-0.3, -0.25) is 9.00 Å². The molecule has 0 radical (unpaired) electrons. The van der Waals surface area contributed by atoms with Crippen LogP contribution in [0.15, 0.2) is 23.1 Å². The minimum absolute atomic E-state index is 0.0159. The molecule has 0 saturated heterocycles. The van der Waals surface area contributed by atoms with Crippen LogP contribution in [0.4, 0.5) is 4.39 Å². The van der Waals surface area contributed by atoms with Crippen LogP contribution in [-0.2, 0) is 15.6 Å². The Morgan fingerprint density at radius 3 is 2.83 bits per heavy atom. The van der Waals surface area contributed by atoms with E-state index in [4.69, 9.17) is 11.6 Å². The fraction of sp³-hybridized carbons (Fsp3) is 0.462. The zero-order valence-electron chi connectivity index (χ0n) is 9.83. The summed E-state index contributed by atoms with van der Waals surface area (Å²) in [6.45, 7) is 0. The number of halogens is 2. The molecule has 0 bridgehead atoms. The van der Waals surface area contributed by atoms with Crippen LogP contribution in [0.1, 0.15) is 25.7 Å². The van der Waals surface area contributed by atoms with E-state index in [0.29, 0.717) is 23.5 Å². The summed E-state index contributed by atoms with van der Waals surface area (Å²) in [7, 11) is -1.22. The van der Waals surface area contributed by atoms with E-state index < -0.39 is 16.6 Å². The molecule has 2 rings (SSSR count). The fourth-order valence-corrected chi connectivity index (χ4v) is 3.63. The topological polar surface area (TPSA) is 34.1 Å². The normalized spacial score (nSPS) is 21.2. The van der Waals surface area contributed by atoms with Crippen molar-refractivity contribution in [1.82, 2.24) is 0 Å². The van der Waals surface area contributed by atoms with Gasteiger partial charge in [0.05, 0.1) is 15.8 Å². The third-order valence-electron chi connectivity index (χ3n) is 3.24. The lowest BCUT2D eigenvalue weighted by Gasteiger charge is -2.07. The van der Waals surface area contributed by atoms with Gasteiger partial charge in [-0.2, -0.15) is 0 Å². The van der Waals surface area contributed by atoms with E-state index in [1.54, 1.807) is 0 Å². The summed E-state index contributed by atoms with van der Waals surface area (Å²) in [4.78, 5) is 12.0. The fourth-order valence-electron chi connectivity index (χ4n) is 2.18. The molecular weight excluding hydrogens is 275 g/mol. The number of hydrogen-bond donors (Lipinski definition) is 0. The monoisotopic (exact) mass is 288 g/mol. The van der Waals surface area contributed by atoms with Crippen LogP contribution < -0.4 is 0 Å². The molecule has 0 aliphatic heterocycles. The molecule has 1 saturated carbocycles. The van der Waals surface area contributed by atoms with Gasteiger partial charge < -0.3 is 0 Å². The molecule has 0 aromatic heterocycles. The van der Waals surface area contributed by atoms with Crippen molar-refractivity contribution in [3.8, 4) is 0 Å². The second-order valence-corrected chi connectivity index (χ2v) is 6.45. The highest BCUT2D eigenvalue weighted by molar-refractivity contribution is 7.85. The average molecular weight is 289 g/mol. The zero-order valence-corrected chi connectivity index (χ0v) is 11.4. The number of hydrogen-bond acceptors (Lipinski definition) is 2. The van der Waals surface area contributed by atoms with Gasteiger partial charge >= 0.3 is 0 Å². The summed E-state index contributed by atoms with van der Waals surface area (Å²) in [5.41, 5.74) is 0. The van der Waals surface area contributed by atoms with Crippen molar-refractivity contribution < 1.29 is 13.4 Å². The van der Waals surface area contributed by atoms with E-state index >= 15 is 0 Å². The molecule has 0 amide bonds. The van der Waals surface area contributed by atoms with Gasteiger partial charge in [0.2, 0.25) is 0 Å². The van der Waals surface area contributed by atoms with Gasteiger partial charge in [0.15, 0.2) is 0 Å². The molecule has 2 unspecified atom stereocenters. The van der Waals surface area contributed by atoms with Crippen LogP contribution in [0.3, 0.4) is 0 Å². The lowest BCUT2D eigenvalue weighted by molar-refractivity contribution is -0.120. The number of benzene rings is 1. The third-order valence-corrected chi connectivity index (χ3v) is 4.91. The first-order chi connectivity index (χ1) is 8.58. The smallest absolute Gasteiger partial charge is 0.141 e. The molecule has 1 aliphatic rings. The number of rotatable bonds is 4. The zero-order chi connectivity index (χ0) is 13.1. The first kappa shape index (κ1) is 13.7. The summed E-state index contributed by atoms with van der Waals surface area (Å²) in [5.74, 6) is 0.260. The summed E-state index contributed by atoms with van der Waals surface area (Å²) < 4.78 is 25.0. The van der Waals surface area contributed by atoms with Crippen LogP contribution in [-0.4, -0.2) is 15.7 Å². The Hall–Kier alpha value is -0.740. The van der Waals surface area contributed by atoms with Gasteiger partial charge in [0.25, 0.3) is 0 Å². The first-order valence-corrected chi connectivity index (χ1v) is 7.64.